The van der Waals surface area contributed by atoms with Gasteiger partial charge in [-0.25, -0.2) is 0 Å². The number of hydrogen-bond acceptors (Lipinski definition) is 2. The maximum absolute atomic E-state index is 11.5. The zero-order chi connectivity index (χ0) is 13.7. The first-order valence-electron chi connectivity index (χ1n) is 5.99. The van der Waals surface area contributed by atoms with Gasteiger partial charge in [0.1, 0.15) is 17.9 Å². The van der Waals surface area contributed by atoms with Gasteiger partial charge in [0.2, 0.25) is 0 Å². The SMILES string of the molecule is O=[P+](O)[C@H]([NH2+]Cc1ccccc1)c1ccccc1O. The minimum Gasteiger partial charge on any atom is -0.507 e. The summed E-state index contributed by atoms with van der Waals surface area (Å²) >= 11 is 0. The molecule has 0 saturated heterocycles. The summed E-state index contributed by atoms with van der Waals surface area (Å²) in [6, 6.07) is 16.3. The van der Waals surface area contributed by atoms with Crippen LogP contribution in [0, 0.1) is 0 Å². The van der Waals surface area contributed by atoms with Crippen LogP contribution in [0.5, 0.6) is 5.75 Å². The molecule has 0 amide bonds. The number of phenols is 1. The minimum absolute atomic E-state index is 0.0502. The predicted molar refractivity (Wildman–Crippen MR) is 72.7 cm³/mol. The third kappa shape index (κ3) is 3.61. The lowest BCUT2D eigenvalue weighted by Crippen LogP contribution is -2.82. The molecule has 4 N–H and O–H groups in total. The van der Waals surface area contributed by atoms with Crippen molar-refractivity contribution in [3.05, 3.63) is 65.7 Å². The number of nitrogens with two attached hydrogens (primary N) is 1. The Labute approximate surface area is 112 Å². The average molecular weight is 277 g/mol. The Morgan fingerprint density at radius 3 is 2.32 bits per heavy atom. The lowest BCUT2D eigenvalue weighted by molar-refractivity contribution is -0.691. The molecule has 0 aromatic heterocycles. The van der Waals surface area contributed by atoms with Gasteiger partial charge in [0.25, 0.3) is 0 Å². The molecule has 5 heteroatoms. The van der Waals surface area contributed by atoms with Gasteiger partial charge in [-0.2, -0.15) is 4.89 Å². The summed E-state index contributed by atoms with van der Waals surface area (Å²) in [4.78, 5) is 9.43. The molecule has 0 fully saturated rings. The van der Waals surface area contributed by atoms with Crippen molar-refractivity contribution < 1.29 is 19.9 Å². The normalized spacial score (nSPS) is 13.0. The number of aromatic hydroxyl groups is 1. The molecule has 0 aliphatic heterocycles. The van der Waals surface area contributed by atoms with Gasteiger partial charge in [-0.15, -0.1) is 0 Å². The van der Waals surface area contributed by atoms with Gasteiger partial charge in [-0.1, -0.05) is 42.5 Å². The summed E-state index contributed by atoms with van der Waals surface area (Å²) in [7, 11) is -2.42. The van der Waals surface area contributed by atoms with Crippen molar-refractivity contribution in [3.63, 3.8) is 0 Å². The van der Waals surface area contributed by atoms with E-state index >= 15 is 0 Å². The second kappa shape index (κ2) is 6.43. The second-order valence-electron chi connectivity index (χ2n) is 4.23. The van der Waals surface area contributed by atoms with Crippen molar-refractivity contribution in [3.8, 4) is 5.75 Å². The summed E-state index contributed by atoms with van der Waals surface area (Å²) in [6.07, 6.45) is 0. The molecule has 0 radical (unpaired) electrons. The van der Waals surface area contributed by atoms with Gasteiger partial charge >= 0.3 is 13.8 Å². The molecule has 0 saturated carbocycles. The molecule has 2 atom stereocenters. The molecule has 4 nitrogen and oxygen atoms in total. The van der Waals surface area contributed by atoms with E-state index in [9.17, 15) is 14.6 Å². The van der Waals surface area contributed by atoms with Gasteiger partial charge in [-0.3, -0.25) is 5.32 Å². The molecule has 98 valence electrons. The zero-order valence-corrected chi connectivity index (χ0v) is 11.2. The van der Waals surface area contributed by atoms with Crippen molar-refractivity contribution in [2.45, 2.75) is 12.3 Å². The molecule has 0 bridgehead atoms. The van der Waals surface area contributed by atoms with Crippen molar-refractivity contribution in [2.24, 2.45) is 0 Å². The van der Waals surface area contributed by atoms with Crippen LogP contribution < -0.4 is 5.32 Å². The van der Waals surface area contributed by atoms with Crippen LogP contribution >= 0.6 is 8.03 Å². The summed E-state index contributed by atoms with van der Waals surface area (Å²) in [5.74, 6) is -0.606. The number of phenolic OH excluding ortho intramolecular Hbond substituents is 1. The van der Waals surface area contributed by atoms with Gasteiger partial charge < -0.3 is 5.11 Å². The molecule has 0 heterocycles. The lowest BCUT2D eigenvalue weighted by Gasteiger charge is -2.07. The first kappa shape index (κ1) is 13.7. The maximum atomic E-state index is 11.5. The molecule has 1 unspecified atom stereocenters. The summed E-state index contributed by atoms with van der Waals surface area (Å²) < 4.78 is 11.5. The van der Waals surface area contributed by atoms with E-state index in [1.54, 1.807) is 23.5 Å². The fourth-order valence-electron chi connectivity index (χ4n) is 1.94. The van der Waals surface area contributed by atoms with E-state index in [2.05, 4.69) is 0 Å². The van der Waals surface area contributed by atoms with Crippen LogP contribution in [0.1, 0.15) is 16.9 Å². The Balaban J connectivity index is 2.14. The van der Waals surface area contributed by atoms with Crippen LogP contribution in [0.4, 0.5) is 0 Å². The highest BCUT2D eigenvalue weighted by Crippen LogP contribution is 2.35. The molecule has 2 aromatic carbocycles. The Morgan fingerprint density at radius 2 is 1.68 bits per heavy atom. The summed E-state index contributed by atoms with van der Waals surface area (Å²) in [5.41, 5.74) is 1.56. The van der Waals surface area contributed by atoms with Gasteiger partial charge in [0, 0.05) is 5.56 Å². The van der Waals surface area contributed by atoms with Crippen LogP contribution in [0.3, 0.4) is 0 Å². The van der Waals surface area contributed by atoms with Crippen molar-refractivity contribution in [1.82, 2.24) is 0 Å². The monoisotopic (exact) mass is 277 g/mol. The molecule has 0 spiro atoms. The zero-order valence-electron chi connectivity index (χ0n) is 10.3. The maximum Gasteiger partial charge on any atom is 0.574 e. The third-order valence-corrected chi connectivity index (χ3v) is 3.88. The molecule has 0 aliphatic rings. The Bertz CT molecular complexity index is 560. The van der Waals surface area contributed by atoms with Gasteiger partial charge in [-0.05, 0) is 16.7 Å². The number of para-hydroxylation sites is 1. The van der Waals surface area contributed by atoms with Crippen LogP contribution in [-0.2, 0) is 11.1 Å². The predicted octanol–water partition coefficient (Wildman–Crippen LogP) is 1.89. The summed E-state index contributed by atoms with van der Waals surface area (Å²) in [6.45, 7) is 0.585. The first-order valence-corrected chi connectivity index (χ1v) is 7.27. The van der Waals surface area contributed by atoms with E-state index in [-0.39, 0.29) is 5.75 Å². The fourth-order valence-corrected chi connectivity index (χ4v) is 2.68. The van der Waals surface area contributed by atoms with E-state index in [0.717, 1.165) is 5.56 Å². The Morgan fingerprint density at radius 1 is 1.05 bits per heavy atom. The van der Waals surface area contributed by atoms with E-state index in [4.69, 9.17) is 0 Å². The van der Waals surface area contributed by atoms with Crippen LogP contribution in [0.2, 0.25) is 0 Å². The van der Waals surface area contributed by atoms with E-state index in [1.807, 2.05) is 30.3 Å². The highest BCUT2D eigenvalue weighted by molar-refractivity contribution is 7.38. The van der Waals surface area contributed by atoms with Gasteiger partial charge in [0.15, 0.2) is 0 Å². The minimum atomic E-state index is -2.42. The number of rotatable bonds is 5. The van der Waals surface area contributed by atoms with E-state index < -0.39 is 13.8 Å². The number of quaternary nitrogens is 1. The van der Waals surface area contributed by atoms with Crippen LogP contribution in [0.15, 0.2) is 54.6 Å². The second-order valence-corrected chi connectivity index (χ2v) is 5.39. The number of hydrogen-bond donors (Lipinski definition) is 3. The van der Waals surface area contributed by atoms with Crippen LogP contribution in [-0.4, -0.2) is 10.00 Å². The molecular weight excluding hydrogens is 261 g/mol. The highest BCUT2D eigenvalue weighted by Gasteiger charge is 2.36. The van der Waals surface area contributed by atoms with Crippen LogP contribution in [0.25, 0.3) is 0 Å². The number of benzene rings is 2. The standard InChI is InChI=1S/C14H14NO3P/c16-13-9-5-4-8-12(13)14(19(17)18)15-10-11-6-2-1-3-7-11/h1-9,14-15H,10H2,(H-,16,17,18)/p+2/t14-/m0/s1. The smallest absolute Gasteiger partial charge is 0.507 e. The fraction of sp³-hybridized carbons (Fsp3) is 0.143. The average Bonchev–Trinajstić information content (AvgIpc) is 2.42. The van der Waals surface area contributed by atoms with E-state index in [0.29, 0.717) is 12.1 Å². The van der Waals surface area contributed by atoms with Gasteiger partial charge in [0.05, 0.1) is 0 Å². The molecule has 2 rings (SSSR count). The highest BCUT2D eigenvalue weighted by atomic mass is 31.1. The topological polar surface area (TPSA) is 74.1 Å². The van der Waals surface area contributed by atoms with E-state index in [1.165, 1.54) is 6.07 Å². The molecule has 2 aromatic rings. The largest absolute Gasteiger partial charge is 0.574 e. The molecule has 0 aliphatic carbocycles. The van der Waals surface area contributed by atoms with Crippen molar-refractivity contribution >= 4 is 8.03 Å². The third-order valence-electron chi connectivity index (χ3n) is 2.91. The summed E-state index contributed by atoms with van der Waals surface area (Å²) in [5, 5.41) is 11.5. The van der Waals surface area contributed by atoms with Crippen molar-refractivity contribution in [2.75, 3.05) is 0 Å². The van der Waals surface area contributed by atoms with Crippen molar-refractivity contribution in [1.29, 1.82) is 0 Å². The quantitative estimate of drug-likeness (QED) is 0.731. The Hall–Kier alpha value is -1.74. The first-order chi connectivity index (χ1) is 9.18. The lowest BCUT2D eigenvalue weighted by atomic mass is 10.2. The Kier molecular flexibility index (Phi) is 4.63. The molecular formula is C14H16NO3P+2. The molecule has 19 heavy (non-hydrogen) atoms.